The Morgan fingerprint density at radius 2 is 1.18 bits per heavy atom. The minimum Gasteiger partial charge on any atom is -0.508 e. The van der Waals surface area contributed by atoms with Crippen LogP contribution in [0.5, 0.6) is 11.5 Å². The Morgan fingerprint density at radius 1 is 0.714 bits per heavy atom. The van der Waals surface area contributed by atoms with E-state index in [0.29, 0.717) is 31.6 Å². The van der Waals surface area contributed by atoms with E-state index in [1.807, 2.05) is 35.3 Å². The quantitative estimate of drug-likeness (QED) is 0.0884. The fourth-order valence-electron chi connectivity index (χ4n) is 5.07. The highest BCUT2D eigenvalue weighted by Gasteiger charge is 2.35. The lowest BCUT2D eigenvalue weighted by Crippen LogP contribution is -2.33. The number of phenolic OH excluding ortho intramolecular Hbond substituents is 1. The average Bonchev–Trinajstić information content (AvgIpc) is 3.70. The monoisotopic (exact) mass is 904 g/mol. The minimum absolute atomic E-state index is 0.00240. The topological polar surface area (TPSA) is 133 Å². The normalized spacial score (nSPS) is 19.7. The number of unbranched alkanes of at least 4 members (excludes halogenated alkanes) is 4. The molecule has 2 aliphatic rings. The van der Waals surface area contributed by atoms with E-state index in [0.717, 1.165) is 82.1 Å². The maximum Gasteiger partial charge on any atom is 0.180 e. The molecule has 2 aliphatic heterocycles. The third-order valence-electron chi connectivity index (χ3n) is 8.09. The molecule has 11 heteroatoms. The van der Waals surface area contributed by atoms with Crippen molar-refractivity contribution >= 4 is 57.0 Å². The molecule has 4 rings (SSSR count). The highest BCUT2D eigenvalue weighted by atomic mass is 127. The standard InChI is InChI=1S/C19H26INO3.C13H17NO3.C6H11IO/c1-16-21-19(14-22,15-24-16)11-10-17-6-8-18(9-7-17)23-13-5-3-2-4-12-20;1-10-14-13(8-15,9-17-10)7-6-11-2-4-12(16)5-3-11;7-5-3-1-2-4-6-8/h4,6-9,12,22H,2-3,5,10-11,13-15H2,1H3;2-5,15-16H,6-9H2,1H3;3,5,8H,1-2,4,6H2/b12-4+;;5-3+. The summed E-state index contributed by atoms with van der Waals surface area (Å²) in [4.78, 5) is 8.82. The SMILES string of the molecule is CC1=NC(CO)(CCc2ccc(O)cc2)CO1.CC1=NC(CO)(CCc2ccc(OCCCC/C=C/I)cc2)CO1.OCCCC/C=C/I. The van der Waals surface area contributed by atoms with Crippen LogP contribution >= 0.6 is 45.2 Å². The van der Waals surface area contributed by atoms with E-state index < -0.39 is 11.1 Å². The molecule has 0 aromatic heterocycles. The predicted octanol–water partition coefficient (Wildman–Crippen LogP) is 7.90. The van der Waals surface area contributed by atoms with Gasteiger partial charge < -0.3 is 34.6 Å². The van der Waals surface area contributed by atoms with Crippen LogP contribution < -0.4 is 4.74 Å². The van der Waals surface area contributed by atoms with E-state index in [4.69, 9.17) is 19.3 Å². The molecule has 0 fully saturated rings. The van der Waals surface area contributed by atoms with Crippen LogP contribution in [0.4, 0.5) is 0 Å². The number of rotatable bonds is 18. The Morgan fingerprint density at radius 3 is 1.59 bits per heavy atom. The van der Waals surface area contributed by atoms with Crippen LogP contribution in [0.2, 0.25) is 0 Å². The molecule has 4 N–H and O–H groups in total. The Hall–Kier alpha value is -2.20. The highest BCUT2D eigenvalue weighted by Crippen LogP contribution is 2.26. The molecule has 0 bridgehead atoms. The average molecular weight is 905 g/mol. The Balaban J connectivity index is 0.000000289. The van der Waals surface area contributed by atoms with Crippen LogP contribution in [-0.4, -0.2) is 82.9 Å². The number of aliphatic imine (C=N–C) groups is 2. The molecule has 2 heterocycles. The fraction of sp³-hybridized carbons (Fsp3) is 0.526. The first-order chi connectivity index (χ1) is 23.7. The van der Waals surface area contributed by atoms with Gasteiger partial charge in [0.2, 0.25) is 0 Å². The summed E-state index contributed by atoms with van der Waals surface area (Å²) in [6.07, 6.45) is 14.0. The Kier molecular flexibility index (Phi) is 21.8. The number of aliphatic hydroxyl groups excluding tert-OH is 3. The molecular weight excluding hydrogens is 850 g/mol. The van der Waals surface area contributed by atoms with Crippen molar-refractivity contribution in [2.24, 2.45) is 9.98 Å². The van der Waals surface area contributed by atoms with Crippen LogP contribution in [-0.2, 0) is 22.3 Å². The molecule has 0 radical (unpaired) electrons. The largest absolute Gasteiger partial charge is 0.508 e. The van der Waals surface area contributed by atoms with E-state index in [-0.39, 0.29) is 19.0 Å². The summed E-state index contributed by atoms with van der Waals surface area (Å²) >= 11 is 4.44. The van der Waals surface area contributed by atoms with Gasteiger partial charge in [-0.3, -0.25) is 0 Å². The van der Waals surface area contributed by atoms with Gasteiger partial charge in [0.05, 0.1) is 19.8 Å². The van der Waals surface area contributed by atoms with E-state index in [1.165, 1.54) is 5.56 Å². The summed E-state index contributed by atoms with van der Waals surface area (Å²) in [6, 6.07) is 15.3. The molecule has 0 amide bonds. The fourth-order valence-corrected chi connectivity index (χ4v) is 5.79. The first-order valence-electron chi connectivity index (χ1n) is 16.9. The molecule has 0 saturated heterocycles. The number of nitrogens with zero attached hydrogens (tertiary/aromatic N) is 2. The van der Waals surface area contributed by atoms with E-state index >= 15 is 0 Å². The van der Waals surface area contributed by atoms with Crippen LogP contribution in [0.3, 0.4) is 0 Å². The maximum absolute atomic E-state index is 9.62. The van der Waals surface area contributed by atoms with Gasteiger partial charge in [-0.15, -0.1) is 0 Å². The molecule has 2 aromatic carbocycles. The number of hydrogen-bond donors (Lipinski definition) is 4. The third-order valence-corrected chi connectivity index (χ3v) is 9.10. The summed E-state index contributed by atoms with van der Waals surface area (Å²) in [7, 11) is 0. The molecule has 9 nitrogen and oxygen atoms in total. The van der Waals surface area contributed by atoms with E-state index in [1.54, 1.807) is 19.1 Å². The first kappa shape index (κ1) is 43.0. The first-order valence-corrected chi connectivity index (χ1v) is 19.4. The number of halogens is 2. The van der Waals surface area contributed by atoms with Crippen molar-refractivity contribution in [3.8, 4) is 11.5 Å². The minimum atomic E-state index is -0.484. The van der Waals surface area contributed by atoms with Crippen molar-refractivity contribution in [1.82, 2.24) is 0 Å². The van der Waals surface area contributed by atoms with Gasteiger partial charge in [-0.25, -0.2) is 9.98 Å². The number of benzene rings is 2. The van der Waals surface area contributed by atoms with Gasteiger partial charge in [-0.1, -0.05) is 81.6 Å². The molecule has 0 spiro atoms. The number of hydrogen-bond acceptors (Lipinski definition) is 9. The van der Waals surface area contributed by atoms with E-state index in [2.05, 4.69) is 83.5 Å². The van der Waals surface area contributed by atoms with Crippen molar-refractivity contribution < 1.29 is 34.6 Å². The molecule has 0 saturated carbocycles. The molecule has 272 valence electrons. The second-order valence-electron chi connectivity index (χ2n) is 12.2. The number of phenols is 1. The molecular formula is C38H54I2N2O7. The van der Waals surface area contributed by atoms with Crippen LogP contribution in [0.25, 0.3) is 0 Å². The lowest BCUT2D eigenvalue weighted by Gasteiger charge is -2.21. The van der Waals surface area contributed by atoms with Gasteiger partial charge in [0.25, 0.3) is 0 Å². The van der Waals surface area contributed by atoms with E-state index in [9.17, 15) is 15.3 Å². The summed E-state index contributed by atoms with van der Waals surface area (Å²) in [5.41, 5.74) is 1.39. The summed E-state index contributed by atoms with van der Waals surface area (Å²) in [5, 5.41) is 36.6. The maximum atomic E-state index is 9.62. The van der Waals surface area contributed by atoms with Gasteiger partial charge in [-0.2, -0.15) is 0 Å². The lowest BCUT2D eigenvalue weighted by molar-refractivity contribution is 0.150. The third kappa shape index (κ3) is 17.5. The molecule has 49 heavy (non-hydrogen) atoms. The number of ether oxygens (including phenoxy) is 3. The van der Waals surface area contributed by atoms with Crippen molar-refractivity contribution in [1.29, 1.82) is 0 Å². The van der Waals surface area contributed by atoms with Crippen molar-refractivity contribution in [3.63, 3.8) is 0 Å². The molecule has 2 unspecified atom stereocenters. The van der Waals surface area contributed by atoms with Gasteiger partial charge in [0.1, 0.15) is 35.8 Å². The molecule has 2 atom stereocenters. The summed E-state index contributed by atoms with van der Waals surface area (Å²) < 4.78 is 20.6. The number of aromatic hydroxyl groups is 1. The summed E-state index contributed by atoms with van der Waals surface area (Å²) in [6.45, 7) is 5.68. The van der Waals surface area contributed by atoms with Crippen LogP contribution in [0.15, 0.2) is 78.8 Å². The zero-order valence-electron chi connectivity index (χ0n) is 28.9. The number of aryl methyl sites for hydroxylation is 2. The highest BCUT2D eigenvalue weighted by molar-refractivity contribution is 14.1. The molecule has 2 aromatic rings. The second-order valence-corrected chi connectivity index (χ2v) is 13.6. The number of aliphatic hydroxyl groups is 3. The Labute approximate surface area is 319 Å². The predicted molar refractivity (Wildman–Crippen MR) is 216 cm³/mol. The zero-order chi connectivity index (χ0) is 35.8. The zero-order valence-corrected chi connectivity index (χ0v) is 33.2. The second kappa shape index (κ2) is 24.9. The smallest absolute Gasteiger partial charge is 0.180 e. The van der Waals surface area contributed by atoms with Gasteiger partial charge in [0.15, 0.2) is 11.8 Å². The Bertz CT molecular complexity index is 1300. The van der Waals surface area contributed by atoms with Crippen molar-refractivity contribution in [3.05, 3.63) is 80.0 Å². The number of allylic oxidation sites excluding steroid dienone is 2. The van der Waals surface area contributed by atoms with Gasteiger partial charge in [0, 0.05) is 20.5 Å². The van der Waals surface area contributed by atoms with Crippen LogP contribution in [0.1, 0.15) is 76.3 Å². The van der Waals surface area contributed by atoms with Crippen molar-refractivity contribution in [2.45, 2.75) is 89.1 Å². The molecule has 0 aliphatic carbocycles. The van der Waals surface area contributed by atoms with Gasteiger partial charge >= 0.3 is 0 Å². The lowest BCUT2D eigenvalue weighted by atomic mass is 9.94. The summed E-state index contributed by atoms with van der Waals surface area (Å²) in [5.74, 6) is 2.49. The van der Waals surface area contributed by atoms with Crippen LogP contribution in [0, 0.1) is 0 Å². The van der Waals surface area contributed by atoms with Gasteiger partial charge in [-0.05, 0) is 108 Å². The van der Waals surface area contributed by atoms with Crippen molar-refractivity contribution in [2.75, 3.05) is 39.6 Å².